The maximum Gasteiger partial charge on any atom is 0.228 e. The zero-order valence-corrected chi connectivity index (χ0v) is 7.84. The molecular weight excluding hydrogens is 182 g/mol. The largest absolute Gasteiger partial charge is 0.339 e. The van der Waals surface area contributed by atoms with Crippen LogP contribution in [0.1, 0.15) is 5.89 Å². The van der Waals surface area contributed by atoms with E-state index in [-0.39, 0.29) is 0 Å². The number of nitrogens with two attached hydrogens (primary N) is 1. The fraction of sp³-hybridized carbons (Fsp3) is 0.375. The molecule has 0 aliphatic carbocycles. The van der Waals surface area contributed by atoms with Gasteiger partial charge in [0.25, 0.3) is 0 Å². The van der Waals surface area contributed by atoms with Gasteiger partial charge in [-0.15, -0.1) is 0 Å². The first kappa shape index (κ1) is 8.89. The summed E-state index contributed by atoms with van der Waals surface area (Å²) in [6, 6.07) is 1.83. The maximum atomic E-state index is 5.37. The molecule has 74 valence electrons. The third-order valence-corrected chi connectivity index (χ3v) is 1.77. The highest BCUT2D eigenvalue weighted by atomic mass is 16.5. The van der Waals surface area contributed by atoms with Crippen LogP contribution in [0.15, 0.2) is 16.8 Å². The van der Waals surface area contributed by atoms with Crippen LogP contribution in [0.2, 0.25) is 0 Å². The minimum atomic E-state index is 0.504. The van der Waals surface area contributed by atoms with Crippen LogP contribution in [0, 0.1) is 0 Å². The van der Waals surface area contributed by atoms with E-state index in [1.165, 1.54) is 0 Å². The molecule has 0 fully saturated rings. The van der Waals surface area contributed by atoms with Gasteiger partial charge in [0.1, 0.15) is 5.69 Å². The van der Waals surface area contributed by atoms with Gasteiger partial charge in [0, 0.05) is 26.2 Å². The van der Waals surface area contributed by atoms with Gasteiger partial charge in [-0.25, -0.2) is 0 Å². The summed E-state index contributed by atoms with van der Waals surface area (Å²) < 4.78 is 6.67. The van der Waals surface area contributed by atoms with E-state index in [9.17, 15) is 0 Å². The van der Waals surface area contributed by atoms with Crippen molar-refractivity contribution in [3.63, 3.8) is 0 Å². The molecular formula is C8H11N5O. The van der Waals surface area contributed by atoms with E-state index in [2.05, 4.69) is 15.2 Å². The molecule has 2 aromatic heterocycles. The van der Waals surface area contributed by atoms with Gasteiger partial charge in [-0.05, 0) is 6.07 Å². The standard InChI is InChI=1S/C8H11N5O/c1-13-5-3-6(11-13)8-10-7(2-4-9)14-12-8/h3,5H,2,4,9H2,1H3. The van der Waals surface area contributed by atoms with Crippen LogP contribution in [0.3, 0.4) is 0 Å². The van der Waals surface area contributed by atoms with Gasteiger partial charge in [-0.3, -0.25) is 4.68 Å². The molecule has 0 aliphatic rings. The predicted molar refractivity (Wildman–Crippen MR) is 49.3 cm³/mol. The van der Waals surface area contributed by atoms with Crippen LogP contribution < -0.4 is 5.73 Å². The summed E-state index contributed by atoms with van der Waals surface area (Å²) in [4.78, 5) is 4.15. The lowest BCUT2D eigenvalue weighted by atomic mass is 10.4. The molecule has 2 heterocycles. The Kier molecular flexibility index (Phi) is 2.28. The second-order valence-electron chi connectivity index (χ2n) is 2.93. The van der Waals surface area contributed by atoms with E-state index in [0.29, 0.717) is 30.4 Å². The minimum absolute atomic E-state index is 0.504. The number of rotatable bonds is 3. The fourth-order valence-corrected chi connectivity index (χ4v) is 1.12. The van der Waals surface area contributed by atoms with Gasteiger partial charge < -0.3 is 10.3 Å². The van der Waals surface area contributed by atoms with E-state index in [1.807, 2.05) is 19.3 Å². The minimum Gasteiger partial charge on any atom is -0.339 e. The van der Waals surface area contributed by atoms with Crippen molar-refractivity contribution in [3.8, 4) is 11.5 Å². The van der Waals surface area contributed by atoms with E-state index in [0.717, 1.165) is 0 Å². The molecule has 0 spiro atoms. The van der Waals surface area contributed by atoms with E-state index < -0.39 is 0 Å². The van der Waals surface area contributed by atoms with Crippen molar-refractivity contribution in [2.75, 3.05) is 6.54 Å². The lowest BCUT2D eigenvalue weighted by Crippen LogP contribution is -2.02. The second kappa shape index (κ2) is 3.59. The Balaban J connectivity index is 2.24. The molecule has 14 heavy (non-hydrogen) atoms. The monoisotopic (exact) mass is 193 g/mol. The van der Waals surface area contributed by atoms with Crippen LogP contribution in [-0.2, 0) is 13.5 Å². The molecule has 6 nitrogen and oxygen atoms in total. The summed E-state index contributed by atoms with van der Waals surface area (Å²) in [7, 11) is 1.84. The van der Waals surface area contributed by atoms with Crippen molar-refractivity contribution < 1.29 is 4.52 Å². The quantitative estimate of drug-likeness (QED) is 0.740. The van der Waals surface area contributed by atoms with Crippen LogP contribution in [0.5, 0.6) is 0 Å². The van der Waals surface area contributed by atoms with Gasteiger partial charge in [-0.2, -0.15) is 10.1 Å². The molecule has 2 aromatic rings. The molecule has 0 saturated heterocycles. The van der Waals surface area contributed by atoms with Crippen molar-refractivity contribution in [3.05, 3.63) is 18.2 Å². The van der Waals surface area contributed by atoms with E-state index in [1.54, 1.807) is 4.68 Å². The molecule has 0 unspecified atom stereocenters. The first-order chi connectivity index (χ1) is 6.79. The summed E-state index contributed by atoms with van der Waals surface area (Å²) in [5.74, 6) is 1.06. The first-order valence-corrected chi connectivity index (χ1v) is 4.32. The Hall–Kier alpha value is -1.69. The third kappa shape index (κ3) is 1.64. The van der Waals surface area contributed by atoms with Crippen LogP contribution in [-0.4, -0.2) is 26.5 Å². The van der Waals surface area contributed by atoms with Gasteiger partial charge in [-0.1, -0.05) is 5.16 Å². The Morgan fingerprint density at radius 1 is 1.57 bits per heavy atom. The lowest BCUT2D eigenvalue weighted by molar-refractivity contribution is 0.380. The molecule has 6 heteroatoms. The molecule has 0 atom stereocenters. The molecule has 0 radical (unpaired) electrons. The van der Waals surface area contributed by atoms with Crippen LogP contribution in [0.4, 0.5) is 0 Å². The second-order valence-corrected chi connectivity index (χ2v) is 2.93. The molecule has 0 saturated carbocycles. The van der Waals surface area contributed by atoms with E-state index >= 15 is 0 Å². The zero-order valence-electron chi connectivity index (χ0n) is 7.84. The third-order valence-electron chi connectivity index (χ3n) is 1.77. The predicted octanol–water partition coefficient (Wildman–Crippen LogP) is -0.0287. The molecule has 0 bridgehead atoms. The summed E-state index contributed by atoms with van der Waals surface area (Å²) in [6.07, 6.45) is 2.42. The van der Waals surface area contributed by atoms with E-state index in [4.69, 9.17) is 10.3 Å². The normalized spacial score (nSPS) is 10.7. The number of hydrogen-bond donors (Lipinski definition) is 1. The molecule has 0 amide bonds. The van der Waals surface area contributed by atoms with Crippen LogP contribution >= 0.6 is 0 Å². The summed E-state index contributed by atoms with van der Waals surface area (Å²) in [5, 5.41) is 7.96. The van der Waals surface area contributed by atoms with Gasteiger partial charge in [0.15, 0.2) is 0 Å². The fourth-order valence-electron chi connectivity index (χ4n) is 1.12. The lowest BCUT2D eigenvalue weighted by Gasteiger charge is -1.85. The van der Waals surface area contributed by atoms with Crippen LogP contribution in [0.25, 0.3) is 11.5 Å². The summed E-state index contributed by atoms with van der Waals surface area (Å²) in [5.41, 5.74) is 6.07. The Morgan fingerprint density at radius 3 is 3.07 bits per heavy atom. The van der Waals surface area contributed by atoms with Gasteiger partial charge >= 0.3 is 0 Å². The number of aryl methyl sites for hydroxylation is 1. The highest BCUT2D eigenvalue weighted by molar-refractivity contribution is 5.46. The van der Waals surface area contributed by atoms with Gasteiger partial charge in [0.05, 0.1) is 0 Å². The average Bonchev–Trinajstić information content (AvgIpc) is 2.74. The Labute approximate surface area is 80.7 Å². The number of hydrogen-bond acceptors (Lipinski definition) is 5. The SMILES string of the molecule is Cn1ccc(-c2noc(CCN)n2)n1. The highest BCUT2D eigenvalue weighted by Crippen LogP contribution is 2.12. The smallest absolute Gasteiger partial charge is 0.228 e. The number of nitrogens with zero attached hydrogens (tertiary/aromatic N) is 4. The highest BCUT2D eigenvalue weighted by Gasteiger charge is 2.09. The molecule has 0 aromatic carbocycles. The summed E-state index contributed by atoms with van der Waals surface area (Å²) in [6.45, 7) is 0.504. The topological polar surface area (TPSA) is 82.8 Å². The van der Waals surface area contributed by atoms with Crippen molar-refractivity contribution in [2.24, 2.45) is 12.8 Å². The Bertz CT molecular complexity index is 419. The van der Waals surface area contributed by atoms with Gasteiger partial charge in [0.2, 0.25) is 11.7 Å². The molecule has 2 rings (SSSR count). The molecule has 0 aliphatic heterocycles. The van der Waals surface area contributed by atoms with Crippen molar-refractivity contribution in [1.82, 2.24) is 19.9 Å². The zero-order chi connectivity index (χ0) is 9.97. The average molecular weight is 193 g/mol. The summed E-state index contributed by atoms with van der Waals surface area (Å²) >= 11 is 0. The van der Waals surface area contributed by atoms with Crippen molar-refractivity contribution >= 4 is 0 Å². The maximum absolute atomic E-state index is 5.37. The first-order valence-electron chi connectivity index (χ1n) is 4.32. The van der Waals surface area contributed by atoms with Crippen molar-refractivity contribution in [1.29, 1.82) is 0 Å². The van der Waals surface area contributed by atoms with Crippen molar-refractivity contribution in [2.45, 2.75) is 6.42 Å². The number of aromatic nitrogens is 4. The molecule has 2 N–H and O–H groups in total. The Morgan fingerprint density at radius 2 is 2.43 bits per heavy atom.